The minimum absolute atomic E-state index is 0.206. The maximum absolute atomic E-state index is 12.0. The number of benzene rings is 1. The van der Waals surface area contributed by atoms with Crippen LogP contribution >= 0.6 is 11.6 Å². The number of aromatic nitrogens is 1. The van der Waals surface area contributed by atoms with E-state index >= 15 is 0 Å². The third kappa shape index (κ3) is 3.08. The lowest BCUT2D eigenvalue weighted by Gasteiger charge is -2.16. The zero-order valence-corrected chi connectivity index (χ0v) is 10.5. The highest BCUT2D eigenvalue weighted by Gasteiger charge is 2.14. The largest absolute Gasteiger partial charge is 0.343 e. The molecule has 1 aromatic carbocycles. The van der Waals surface area contributed by atoms with E-state index in [-0.39, 0.29) is 11.9 Å². The molecule has 3 nitrogen and oxygen atoms in total. The van der Waals surface area contributed by atoms with Crippen molar-refractivity contribution in [3.8, 4) is 0 Å². The van der Waals surface area contributed by atoms with Crippen LogP contribution in [0.2, 0.25) is 0 Å². The van der Waals surface area contributed by atoms with E-state index in [4.69, 9.17) is 11.6 Å². The van der Waals surface area contributed by atoms with Crippen molar-refractivity contribution < 1.29 is 4.79 Å². The lowest BCUT2D eigenvalue weighted by molar-refractivity contribution is 0.0935. The molecular weight excluding hydrogens is 248 g/mol. The van der Waals surface area contributed by atoms with Crippen molar-refractivity contribution in [2.75, 3.05) is 5.88 Å². The predicted molar refractivity (Wildman–Crippen MR) is 71.6 cm³/mol. The molecule has 1 heterocycles. The Balaban J connectivity index is 2.10. The Morgan fingerprint density at radius 3 is 2.50 bits per heavy atom. The van der Waals surface area contributed by atoms with Crippen molar-refractivity contribution in [3.63, 3.8) is 0 Å². The Bertz CT molecular complexity index is 502. The van der Waals surface area contributed by atoms with E-state index in [0.29, 0.717) is 11.6 Å². The molecule has 0 aliphatic carbocycles. The van der Waals surface area contributed by atoms with Crippen molar-refractivity contribution in [2.45, 2.75) is 6.04 Å². The van der Waals surface area contributed by atoms with Crippen LogP contribution in [0.4, 0.5) is 0 Å². The predicted octanol–water partition coefficient (Wildman–Crippen LogP) is 2.79. The van der Waals surface area contributed by atoms with Crippen LogP contribution < -0.4 is 5.32 Å². The van der Waals surface area contributed by atoms with E-state index in [1.165, 1.54) is 0 Å². The smallest absolute Gasteiger partial charge is 0.270 e. The van der Waals surface area contributed by atoms with E-state index in [1.54, 1.807) is 24.4 Å². The van der Waals surface area contributed by atoms with Gasteiger partial charge in [-0.3, -0.25) is 9.78 Å². The van der Waals surface area contributed by atoms with E-state index in [9.17, 15) is 4.79 Å². The lowest BCUT2D eigenvalue weighted by atomic mass is 10.1. The summed E-state index contributed by atoms with van der Waals surface area (Å²) < 4.78 is 0. The lowest BCUT2D eigenvalue weighted by Crippen LogP contribution is -2.30. The molecule has 0 radical (unpaired) electrons. The van der Waals surface area contributed by atoms with Crippen molar-refractivity contribution in [3.05, 3.63) is 66.0 Å². The molecule has 1 N–H and O–H groups in total. The summed E-state index contributed by atoms with van der Waals surface area (Å²) in [4.78, 5) is 16.0. The Kier molecular flexibility index (Phi) is 4.31. The van der Waals surface area contributed by atoms with Gasteiger partial charge in [-0.1, -0.05) is 36.4 Å². The molecule has 0 fully saturated rings. The molecule has 0 spiro atoms. The first-order valence-electron chi connectivity index (χ1n) is 5.64. The molecule has 0 aliphatic rings. The number of hydrogen-bond donors (Lipinski definition) is 1. The highest BCUT2D eigenvalue weighted by molar-refractivity contribution is 6.18. The maximum Gasteiger partial charge on any atom is 0.270 e. The molecule has 0 saturated carbocycles. The van der Waals surface area contributed by atoms with Gasteiger partial charge in [-0.05, 0) is 17.7 Å². The maximum atomic E-state index is 12.0. The molecule has 1 aromatic heterocycles. The van der Waals surface area contributed by atoms with Gasteiger partial charge in [0.2, 0.25) is 0 Å². The van der Waals surface area contributed by atoms with Gasteiger partial charge in [0.25, 0.3) is 5.91 Å². The number of carbonyl (C=O) groups excluding carboxylic acids is 1. The van der Waals surface area contributed by atoms with Crippen molar-refractivity contribution in [1.82, 2.24) is 10.3 Å². The highest BCUT2D eigenvalue weighted by atomic mass is 35.5. The molecule has 92 valence electrons. The fourth-order valence-electron chi connectivity index (χ4n) is 1.63. The summed E-state index contributed by atoms with van der Waals surface area (Å²) in [6, 6.07) is 14.7. The summed E-state index contributed by atoms with van der Waals surface area (Å²) in [6.45, 7) is 0. The third-order valence-corrected chi connectivity index (χ3v) is 2.87. The molecule has 1 amide bonds. The molecule has 1 unspecified atom stereocenters. The average Bonchev–Trinajstić information content (AvgIpc) is 2.46. The molecule has 1 atom stereocenters. The van der Waals surface area contributed by atoms with Gasteiger partial charge in [0.05, 0.1) is 6.04 Å². The topological polar surface area (TPSA) is 42.0 Å². The fourth-order valence-corrected chi connectivity index (χ4v) is 1.88. The van der Waals surface area contributed by atoms with Crippen molar-refractivity contribution in [2.24, 2.45) is 0 Å². The molecular formula is C14H13ClN2O. The third-order valence-electron chi connectivity index (χ3n) is 2.56. The number of halogens is 1. The zero-order chi connectivity index (χ0) is 12.8. The van der Waals surface area contributed by atoms with E-state index in [0.717, 1.165) is 5.56 Å². The van der Waals surface area contributed by atoms with Gasteiger partial charge in [0.15, 0.2) is 0 Å². The van der Waals surface area contributed by atoms with Crippen LogP contribution in [0, 0.1) is 0 Å². The van der Waals surface area contributed by atoms with Gasteiger partial charge in [-0.25, -0.2) is 0 Å². The highest BCUT2D eigenvalue weighted by Crippen LogP contribution is 2.14. The normalized spacial score (nSPS) is 11.8. The van der Waals surface area contributed by atoms with Crippen molar-refractivity contribution >= 4 is 17.5 Å². The number of carbonyl (C=O) groups is 1. The second-order valence-electron chi connectivity index (χ2n) is 3.81. The van der Waals surface area contributed by atoms with E-state index in [1.807, 2.05) is 30.3 Å². The average molecular weight is 261 g/mol. The van der Waals surface area contributed by atoms with E-state index < -0.39 is 0 Å². The summed E-state index contributed by atoms with van der Waals surface area (Å²) >= 11 is 5.90. The van der Waals surface area contributed by atoms with Crippen LogP contribution in [0.3, 0.4) is 0 Å². The molecule has 2 rings (SSSR count). The SMILES string of the molecule is O=C(NC(CCl)c1ccccc1)c1ccccn1. The van der Waals surface area contributed by atoms with Gasteiger partial charge in [0.1, 0.15) is 5.69 Å². The standard InChI is InChI=1S/C14H13ClN2O/c15-10-13(11-6-2-1-3-7-11)17-14(18)12-8-4-5-9-16-12/h1-9,13H,10H2,(H,17,18). The Hall–Kier alpha value is -1.87. The van der Waals surface area contributed by atoms with Crippen molar-refractivity contribution in [1.29, 1.82) is 0 Å². The number of hydrogen-bond acceptors (Lipinski definition) is 2. The van der Waals surface area contributed by atoms with Crippen LogP contribution in [0.25, 0.3) is 0 Å². The molecule has 0 bridgehead atoms. The van der Waals surface area contributed by atoms with Gasteiger partial charge in [0, 0.05) is 12.1 Å². The van der Waals surface area contributed by atoms with Crippen LogP contribution in [-0.4, -0.2) is 16.8 Å². The molecule has 2 aromatic rings. The summed E-state index contributed by atoms with van der Waals surface area (Å²) in [5.41, 5.74) is 1.38. The number of nitrogens with zero attached hydrogens (tertiary/aromatic N) is 1. The first-order valence-corrected chi connectivity index (χ1v) is 6.17. The number of rotatable bonds is 4. The zero-order valence-electron chi connectivity index (χ0n) is 9.71. The minimum Gasteiger partial charge on any atom is -0.343 e. The quantitative estimate of drug-likeness (QED) is 0.859. The monoisotopic (exact) mass is 260 g/mol. The van der Waals surface area contributed by atoms with Crippen LogP contribution in [0.1, 0.15) is 22.1 Å². The van der Waals surface area contributed by atoms with Gasteiger partial charge in [-0.2, -0.15) is 0 Å². The van der Waals surface area contributed by atoms with Crippen LogP contribution in [-0.2, 0) is 0 Å². The Morgan fingerprint density at radius 2 is 1.89 bits per heavy atom. The summed E-state index contributed by atoms with van der Waals surface area (Å²) in [6.07, 6.45) is 1.59. The Morgan fingerprint density at radius 1 is 1.17 bits per heavy atom. The van der Waals surface area contributed by atoms with Gasteiger partial charge >= 0.3 is 0 Å². The van der Waals surface area contributed by atoms with Gasteiger partial charge < -0.3 is 5.32 Å². The van der Waals surface area contributed by atoms with Gasteiger partial charge in [-0.15, -0.1) is 11.6 Å². The second-order valence-corrected chi connectivity index (χ2v) is 4.11. The summed E-state index contributed by atoms with van der Waals surface area (Å²) in [5, 5.41) is 2.87. The molecule has 18 heavy (non-hydrogen) atoms. The molecule has 4 heteroatoms. The summed E-state index contributed by atoms with van der Waals surface area (Å²) in [5.74, 6) is 0.105. The number of nitrogens with one attached hydrogen (secondary N) is 1. The van der Waals surface area contributed by atoms with E-state index in [2.05, 4.69) is 10.3 Å². The fraction of sp³-hybridized carbons (Fsp3) is 0.143. The minimum atomic E-state index is -0.217. The van der Waals surface area contributed by atoms with Crippen LogP contribution in [0.15, 0.2) is 54.7 Å². The Labute approximate surface area is 111 Å². The molecule has 0 aliphatic heterocycles. The summed E-state index contributed by atoms with van der Waals surface area (Å²) in [7, 11) is 0. The first kappa shape index (κ1) is 12.6. The number of pyridine rings is 1. The number of alkyl halides is 1. The number of amides is 1. The first-order chi connectivity index (χ1) is 8.81. The van der Waals surface area contributed by atoms with Crippen LogP contribution in [0.5, 0.6) is 0 Å². The molecule has 0 saturated heterocycles. The second kappa shape index (κ2) is 6.17.